The van der Waals surface area contributed by atoms with E-state index in [1.165, 1.54) is 11.9 Å². The SMILES string of the molecule is CCCCn1c(-c2cccc3cccnc23)nc2ccccc21. The van der Waals surface area contributed by atoms with Crippen molar-refractivity contribution in [3.8, 4) is 11.4 Å². The van der Waals surface area contributed by atoms with E-state index in [1.807, 2.05) is 18.3 Å². The Balaban J connectivity index is 2.00. The number of rotatable bonds is 4. The van der Waals surface area contributed by atoms with E-state index in [4.69, 9.17) is 4.98 Å². The van der Waals surface area contributed by atoms with Gasteiger partial charge in [-0.1, -0.05) is 43.7 Å². The highest BCUT2D eigenvalue weighted by Crippen LogP contribution is 2.29. The lowest BCUT2D eigenvalue weighted by atomic mass is 10.1. The summed E-state index contributed by atoms with van der Waals surface area (Å²) in [7, 11) is 0. The van der Waals surface area contributed by atoms with Gasteiger partial charge in [-0.25, -0.2) is 4.98 Å². The molecule has 0 atom stereocenters. The van der Waals surface area contributed by atoms with E-state index < -0.39 is 0 Å². The van der Waals surface area contributed by atoms with Gasteiger partial charge in [0.1, 0.15) is 5.82 Å². The quantitative estimate of drug-likeness (QED) is 0.528. The molecule has 0 radical (unpaired) electrons. The van der Waals surface area contributed by atoms with Crippen LogP contribution in [0.15, 0.2) is 60.8 Å². The Bertz CT molecular complexity index is 964. The third-order valence-electron chi connectivity index (χ3n) is 4.26. The van der Waals surface area contributed by atoms with Gasteiger partial charge in [0.05, 0.1) is 16.6 Å². The lowest BCUT2D eigenvalue weighted by Gasteiger charge is -2.10. The molecule has 0 spiro atoms. The van der Waals surface area contributed by atoms with Crippen molar-refractivity contribution >= 4 is 21.9 Å². The third kappa shape index (κ3) is 2.38. The van der Waals surface area contributed by atoms with Gasteiger partial charge in [-0.3, -0.25) is 4.98 Å². The number of pyridine rings is 1. The van der Waals surface area contributed by atoms with Crippen LogP contribution in [0.1, 0.15) is 19.8 Å². The van der Waals surface area contributed by atoms with E-state index in [0.717, 1.165) is 40.8 Å². The molecule has 0 amide bonds. The predicted molar refractivity (Wildman–Crippen MR) is 95.4 cm³/mol. The maximum Gasteiger partial charge on any atom is 0.143 e. The number of hydrogen-bond acceptors (Lipinski definition) is 2. The van der Waals surface area contributed by atoms with Gasteiger partial charge in [0.2, 0.25) is 0 Å². The van der Waals surface area contributed by atoms with Crippen molar-refractivity contribution in [1.82, 2.24) is 14.5 Å². The number of para-hydroxylation sites is 3. The van der Waals surface area contributed by atoms with E-state index in [-0.39, 0.29) is 0 Å². The number of imidazole rings is 1. The lowest BCUT2D eigenvalue weighted by Crippen LogP contribution is -2.01. The second-order valence-electron chi connectivity index (χ2n) is 5.81. The summed E-state index contributed by atoms with van der Waals surface area (Å²) in [5.74, 6) is 1.02. The molecule has 0 aliphatic heterocycles. The first-order valence-corrected chi connectivity index (χ1v) is 8.18. The highest BCUT2D eigenvalue weighted by atomic mass is 15.1. The van der Waals surface area contributed by atoms with Crippen molar-refractivity contribution in [1.29, 1.82) is 0 Å². The smallest absolute Gasteiger partial charge is 0.143 e. The van der Waals surface area contributed by atoms with Gasteiger partial charge in [-0.05, 0) is 30.7 Å². The van der Waals surface area contributed by atoms with Crippen LogP contribution in [-0.2, 0) is 6.54 Å². The van der Waals surface area contributed by atoms with Gasteiger partial charge >= 0.3 is 0 Å². The fourth-order valence-electron chi connectivity index (χ4n) is 3.11. The highest BCUT2D eigenvalue weighted by Gasteiger charge is 2.14. The van der Waals surface area contributed by atoms with Crippen molar-refractivity contribution in [2.75, 3.05) is 0 Å². The molecule has 3 nitrogen and oxygen atoms in total. The van der Waals surface area contributed by atoms with Crippen LogP contribution in [0, 0.1) is 0 Å². The number of hydrogen-bond donors (Lipinski definition) is 0. The Morgan fingerprint density at radius 2 is 1.83 bits per heavy atom. The maximum atomic E-state index is 4.91. The van der Waals surface area contributed by atoms with Crippen LogP contribution >= 0.6 is 0 Å². The number of benzene rings is 2. The molecule has 3 heteroatoms. The molecule has 0 fully saturated rings. The largest absolute Gasteiger partial charge is 0.324 e. The molecule has 2 aromatic carbocycles. The van der Waals surface area contributed by atoms with Gasteiger partial charge in [0.25, 0.3) is 0 Å². The first-order chi connectivity index (χ1) is 11.4. The van der Waals surface area contributed by atoms with Crippen LogP contribution in [0.2, 0.25) is 0 Å². The highest BCUT2D eigenvalue weighted by molar-refractivity contribution is 5.94. The molecular formula is C20H19N3. The first kappa shape index (κ1) is 13.9. The minimum Gasteiger partial charge on any atom is -0.324 e. The summed E-state index contributed by atoms with van der Waals surface area (Å²) >= 11 is 0. The zero-order valence-corrected chi connectivity index (χ0v) is 13.2. The number of aryl methyl sites for hydroxylation is 1. The Morgan fingerprint density at radius 1 is 0.957 bits per heavy atom. The topological polar surface area (TPSA) is 30.7 Å². The Hall–Kier alpha value is -2.68. The summed E-state index contributed by atoms with van der Waals surface area (Å²) < 4.78 is 2.34. The van der Waals surface area contributed by atoms with Crippen molar-refractivity contribution in [3.05, 3.63) is 60.8 Å². The zero-order chi connectivity index (χ0) is 15.6. The van der Waals surface area contributed by atoms with Crippen LogP contribution in [-0.4, -0.2) is 14.5 Å². The molecule has 0 aliphatic carbocycles. The van der Waals surface area contributed by atoms with Crippen LogP contribution < -0.4 is 0 Å². The molecule has 0 saturated carbocycles. The summed E-state index contributed by atoms with van der Waals surface area (Å²) in [6.07, 6.45) is 4.16. The number of aromatic nitrogens is 3. The van der Waals surface area contributed by atoms with Crippen molar-refractivity contribution in [2.45, 2.75) is 26.3 Å². The summed E-state index contributed by atoms with van der Waals surface area (Å²) in [4.78, 5) is 9.50. The monoisotopic (exact) mass is 301 g/mol. The van der Waals surface area contributed by atoms with Crippen molar-refractivity contribution in [2.24, 2.45) is 0 Å². The van der Waals surface area contributed by atoms with Gasteiger partial charge in [-0.15, -0.1) is 0 Å². The Kier molecular flexibility index (Phi) is 3.54. The fraction of sp³-hybridized carbons (Fsp3) is 0.200. The van der Waals surface area contributed by atoms with Crippen LogP contribution in [0.5, 0.6) is 0 Å². The molecule has 0 aliphatic rings. The van der Waals surface area contributed by atoms with Gasteiger partial charge in [0, 0.05) is 23.7 Å². The molecule has 0 saturated heterocycles. The van der Waals surface area contributed by atoms with Crippen LogP contribution in [0.3, 0.4) is 0 Å². The average molecular weight is 301 g/mol. The third-order valence-corrected chi connectivity index (χ3v) is 4.26. The molecule has 0 unspecified atom stereocenters. The molecule has 4 aromatic rings. The maximum absolute atomic E-state index is 4.91. The second kappa shape index (κ2) is 5.84. The van der Waals surface area contributed by atoms with E-state index in [9.17, 15) is 0 Å². The molecule has 2 aromatic heterocycles. The van der Waals surface area contributed by atoms with Crippen LogP contribution in [0.25, 0.3) is 33.3 Å². The molecular weight excluding hydrogens is 282 g/mol. The minimum absolute atomic E-state index is 0.982. The van der Waals surface area contributed by atoms with Crippen molar-refractivity contribution < 1.29 is 0 Å². The normalized spacial score (nSPS) is 11.3. The summed E-state index contributed by atoms with van der Waals surface area (Å²) in [6, 6.07) is 18.8. The molecule has 114 valence electrons. The van der Waals surface area contributed by atoms with E-state index in [1.54, 1.807) is 0 Å². The van der Waals surface area contributed by atoms with Gasteiger partial charge in [0.15, 0.2) is 0 Å². The minimum atomic E-state index is 0.982. The standard InChI is InChI=1S/C20H19N3/c1-2-3-14-23-18-12-5-4-11-17(18)22-20(23)16-10-6-8-15-9-7-13-21-19(15)16/h4-13H,2-3,14H2,1H3. The summed E-state index contributed by atoms with van der Waals surface area (Å²) in [5.41, 5.74) is 4.37. The molecule has 2 heterocycles. The van der Waals surface area contributed by atoms with E-state index in [2.05, 4.69) is 58.9 Å². The molecule has 0 bridgehead atoms. The zero-order valence-electron chi connectivity index (χ0n) is 13.2. The van der Waals surface area contributed by atoms with E-state index >= 15 is 0 Å². The summed E-state index contributed by atoms with van der Waals surface area (Å²) in [6.45, 7) is 3.20. The lowest BCUT2D eigenvalue weighted by molar-refractivity contribution is 0.651. The van der Waals surface area contributed by atoms with Crippen LogP contribution in [0.4, 0.5) is 0 Å². The number of fused-ring (bicyclic) bond motifs is 2. The molecule has 0 N–H and O–H groups in total. The first-order valence-electron chi connectivity index (χ1n) is 8.18. The van der Waals surface area contributed by atoms with Crippen molar-refractivity contribution in [3.63, 3.8) is 0 Å². The molecule has 23 heavy (non-hydrogen) atoms. The van der Waals surface area contributed by atoms with Gasteiger partial charge in [-0.2, -0.15) is 0 Å². The average Bonchev–Trinajstić information content (AvgIpc) is 2.98. The predicted octanol–water partition coefficient (Wildman–Crippen LogP) is 5.05. The van der Waals surface area contributed by atoms with Gasteiger partial charge < -0.3 is 4.57 Å². The Morgan fingerprint density at radius 3 is 2.74 bits per heavy atom. The fourth-order valence-corrected chi connectivity index (χ4v) is 3.11. The summed E-state index contributed by atoms with van der Waals surface area (Å²) in [5, 5.41) is 1.15. The molecule has 4 rings (SSSR count). The van der Waals surface area contributed by atoms with E-state index in [0.29, 0.717) is 0 Å². The second-order valence-corrected chi connectivity index (χ2v) is 5.81. The Labute approximate surface area is 135 Å². The number of unbranched alkanes of at least 4 members (excludes halogenated alkanes) is 1. The number of nitrogens with zero attached hydrogens (tertiary/aromatic N) is 3.